The largest absolute Gasteiger partial charge is 0.369 e. The van der Waals surface area contributed by atoms with Crippen molar-refractivity contribution in [1.29, 1.82) is 0 Å². The highest BCUT2D eigenvalue weighted by atomic mass is 32.2. The van der Waals surface area contributed by atoms with Crippen molar-refractivity contribution in [2.75, 3.05) is 17.2 Å². The van der Waals surface area contributed by atoms with Gasteiger partial charge in [0.2, 0.25) is 0 Å². The molecule has 3 heterocycles. The van der Waals surface area contributed by atoms with Gasteiger partial charge in [0, 0.05) is 41.6 Å². The van der Waals surface area contributed by atoms with Gasteiger partial charge >= 0.3 is 0 Å². The van der Waals surface area contributed by atoms with E-state index in [4.69, 9.17) is 5.10 Å². The number of thioether (sulfide) groups is 1. The summed E-state index contributed by atoms with van der Waals surface area (Å²) in [5.74, 6) is 1.55. The number of nitrogens with one attached hydrogen (secondary N) is 2. The summed E-state index contributed by atoms with van der Waals surface area (Å²) >= 11 is 1.96. The number of hydrogen-bond acceptors (Lipinski definition) is 5. The van der Waals surface area contributed by atoms with Gasteiger partial charge in [-0.25, -0.2) is 0 Å². The van der Waals surface area contributed by atoms with Crippen molar-refractivity contribution >= 4 is 29.2 Å². The normalized spacial score (nSPS) is 19.4. The molecule has 0 bridgehead atoms. The summed E-state index contributed by atoms with van der Waals surface area (Å²) < 4.78 is 2.04. The van der Waals surface area contributed by atoms with Gasteiger partial charge < -0.3 is 10.6 Å². The van der Waals surface area contributed by atoms with Crippen LogP contribution in [-0.2, 0) is 7.05 Å². The van der Waals surface area contributed by atoms with Gasteiger partial charge in [0.1, 0.15) is 5.82 Å². The molecule has 33 heavy (non-hydrogen) atoms. The number of aryl methyl sites for hydroxylation is 3. The average molecular weight is 462 g/mol. The number of pyridine rings is 1. The molecular weight excluding hydrogens is 430 g/mol. The number of carbonyl (C=O) groups excluding carboxylic acids is 1. The molecule has 2 N–H and O–H groups in total. The van der Waals surface area contributed by atoms with Crippen LogP contribution in [0.25, 0.3) is 0 Å². The van der Waals surface area contributed by atoms with E-state index in [-0.39, 0.29) is 15.9 Å². The summed E-state index contributed by atoms with van der Waals surface area (Å²) in [4.78, 5) is 17.5. The Morgan fingerprint density at radius 2 is 2.03 bits per heavy atom. The average Bonchev–Trinajstić information content (AvgIpc) is 3.57. The summed E-state index contributed by atoms with van der Waals surface area (Å²) in [5, 5.41) is 11.7. The molecule has 7 heteroatoms. The van der Waals surface area contributed by atoms with Gasteiger partial charge in [-0.2, -0.15) is 5.10 Å². The molecule has 1 aromatic carbocycles. The standard InChI is InChI=1S/C26H31N5OS/c1-15-8-9-18(25(32)29-20-7-6-12-27-16(20)2)13-19(15)23-21-22(17-10-11-17)30-31(5)24(21)28-14-26(3,4)33-23/h6-9,12-13,17,23,28H,10-11,14H2,1-5H3,(H,29,32). The van der Waals surface area contributed by atoms with E-state index in [1.807, 2.05) is 48.6 Å². The second-order valence-electron chi connectivity index (χ2n) is 9.82. The van der Waals surface area contributed by atoms with E-state index in [2.05, 4.69) is 48.5 Å². The molecule has 1 fully saturated rings. The molecule has 1 atom stereocenters. The minimum atomic E-state index is -0.114. The van der Waals surface area contributed by atoms with E-state index < -0.39 is 0 Å². The van der Waals surface area contributed by atoms with Crippen LogP contribution in [0, 0.1) is 13.8 Å². The maximum atomic E-state index is 13.2. The number of aromatic nitrogens is 3. The molecule has 5 rings (SSSR count). The van der Waals surface area contributed by atoms with Crippen LogP contribution < -0.4 is 10.6 Å². The van der Waals surface area contributed by atoms with Crippen LogP contribution in [0.15, 0.2) is 36.5 Å². The summed E-state index contributed by atoms with van der Waals surface area (Å²) in [6.07, 6.45) is 4.14. The Labute approximate surface area is 199 Å². The van der Waals surface area contributed by atoms with Gasteiger partial charge in [0.25, 0.3) is 5.91 Å². The maximum absolute atomic E-state index is 13.2. The Kier molecular flexibility index (Phi) is 5.47. The first kappa shape index (κ1) is 22.0. The van der Waals surface area contributed by atoms with Gasteiger partial charge in [-0.1, -0.05) is 6.07 Å². The number of benzene rings is 1. The van der Waals surface area contributed by atoms with Crippen LogP contribution in [-0.4, -0.2) is 32.0 Å². The summed E-state index contributed by atoms with van der Waals surface area (Å²) in [7, 11) is 2.03. The zero-order chi connectivity index (χ0) is 23.3. The van der Waals surface area contributed by atoms with E-state index in [0.29, 0.717) is 11.5 Å². The number of hydrogen-bond donors (Lipinski definition) is 2. The maximum Gasteiger partial charge on any atom is 0.255 e. The first-order chi connectivity index (χ1) is 15.7. The van der Waals surface area contributed by atoms with Gasteiger partial charge in [-0.3, -0.25) is 14.5 Å². The van der Waals surface area contributed by atoms with Crippen LogP contribution in [0.4, 0.5) is 11.5 Å². The van der Waals surface area contributed by atoms with E-state index in [1.54, 1.807) is 6.20 Å². The molecule has 0 radical (unpaired) electrons. The van der Waals surface area contributed by atoms with Crippen LogP contribution in [0.1, 0.15) is 76.3 Å². The number of carbonyl (C=O) groups is 1. The predicted octanol–water partition coefficient (Wildman–Crippen LogP) is 5.59. The van der Waals surface area contributed by atoms with E-state index in [1.165, 1.54) is 35.2 Å². The Balaban J connectivity index is 1.57. The lowest BCUT2D eigenvalue weighted by Crippen LogP contribution is -2.26. The van der Waals surface area contributed by atoms with E-state index in [9.17, 15) is 4.79 Å². The number of fused-ring (bicyclic) bond motifs is 1. The topological polar surface area (TPSA) is 71.8 Å². The fourth-order valence-electron chi connectivity index (χ4n) is 4.50. The first-order valence-electron chi connectivity index (χ1n) is 11.6. The molecular formula is C26H31N5OS. The molecule has 1 aliphatic carbocycles. The molecule has 172 valence electrons. The third-order valence-corrected chi connectivity index (χ3v) is 8.04. The van der Waals surface area contributed by atoms with Gasteiger partial charge in [0.15, 0.2) is 0 Å². The van der Waals surface area contributed by atoms with Crippen molar-refractivity contribution in [3.63, 3.8) is 0 Å². The smallest absolute Gasteiger partial charge is 0.255 e. The molecule has 3 aromatic rings. The number of nitrogens with zero attached hydrogens (tertiary/aromatic N) is 3. The molecule has 0 saturated heterocycles. The van der Waals surface area contributed by atoms with Crippen molar-refractivity contribution in [2.24, 2.45) is 7.05 Å². The van der Waals surface area contributed by atoms with E-state index in [0.717, 1.165) is 23.7 Å². The molecule has 2 aliphatic rings. The quantitative estimate of drug-likeness (QED) is 0.530. The Morgan fingerprint density at radius 1 is 1.24 bits per heavy atom. The minimum absolute atomic E-state index is 0.0298. The van der Waals surface area contributed by atoms with Gasteiger partial charge in [-0.15, -0.1) is 11.8 Å². The van der Waals surface area contributed by atoms with Crippen LogP contribution in [0.5, 0.6) is 0 Å². The monoisotopic (exact) mass is 461 g/mol. The molecule has 6 nitrogen and oxygen atoms in total. The third kappa shape index (κ3) is 4.26. The van der Waals surface area contributed by atoms with Crippen molar-refractivity contribution in [3.8, 4) is 0 Å². The van der Waals surface area contributed by atoms with Crippen molar-refractivity contribution in [3.05, 3.63) is 70.2 Å². The number of amides is 1. The van der Waals surface area contributed by atoms with Crippen molar-refractivity contribution in [1.82, 2.24) is 14.8 Å². The Bertz CT molecular complexity index is 1230. The van der Waals surface area contributed by atoms with Crippen LogP contribution >= 0.6 is 11.8 Å². The van der Waals surface area contributed by atoms with Gasteiger partial charge in [0.05, 0.1) is 22.3 Å². The molecule has 1 saturated carbocycles. The highest BCUT2D eigenvalue weighted by molar-refractivity contribution is 8.01. The second kappa shape index (κ2) is 8.20. The first-order valence-corrected chi connectivity index (χ1v) is 12.4. The minimum Gasteiger partial charge on any atom is -0.369 e. The van der Waals surface area contributed by atoms with Crippen LogP contribution in [0.3, 0.4) is 0 Å². The zero-order valence-electron chi connectivity index (χ0n) is 19.9. The molecule has 0 spiro atoms. The molecule has 2 aromatic heterocycles. The lowest BCUT2D eigenvalue weighted by atomic mass is 9.96. The summed E-state index contributed by atoms with van der Waals surface area (Å²) in [5.41, 5.74) is 7.09. The Morgan fingerprint density at radius 3 is 2.76 bits per heavy atom. The Hall–Kier alpha value is -2.80. The fraction of sp³-hybridized carbons (Fsp3) is 0.423. The van der Waals surface area contributed by atoms with Crippen molar-refractivity contribution < 1.29 is 4.79 Å². The lowest BCUT2D eigenvalue weighted by molar-refractivity contribution is 0.102. The second-order valence-corrected chi connectivity index (χ2v) is 11.6. The lowest BCUT2D eigenvalue weighted by Gasteiger charge is -2.28. The number of anilines is 2. The third-order valence-electron chi connectivity index (χ3n) is 6.54. The van der Waals surface area contributed by atoms with Gasteiger partial charge in [-0.05, 0) is 75.9 Å². The zero-order valence-corrected chi connectivity index (χ0v) is 20.7. The highest BCUT2D eigenvalue weighted by Gasteiger charge is 2.40. The van der Waals surface area contributed by atoms with Crippen molar-refractivity contribution in [2.45, 2.75) is 56.5 Å². The number of rotatable bonds is 4. The molecule has 1 unspecified atom stereocenters. The molecule has 1 amide bonds. The van der Waals surface area contributed by atoms with Crippen LogP contribution in [0.2, 0.25) is 0 Å². The molecule has 1 aliphatic heterocycles. The summed E-state index contributed by atoms with van der Waals surface area (Å²) in [6.45, 7) is 9.47. The highest BCUT2D eigenvalue weighted by Crippen LogP contribution is 2.53. The predicted molar refractivity (Wildman–Crippen MR) is 135 cm³/mol. The fourth-order valence-corrected chi connectivity index (χ4v) is 6.02. The summed E-state index contributed by atoms with van der Waals surface area (Å²) in [6, 6.07) is 9.77. The van der Waals surface area contributed by atoms with E-state index >= 15 is 0 Å². The SMILES string of the molecule is Cc1ccc(C(=O)Nc2cccnc2C)cc1C1SC(C)(C)CNc2c1c(C1CC1)nn2C.